The van der Waals surface area contributed by atoms with E-state index in [1.54, 1.807) is 25.2 Å². The molecule has 6 heteroatoms. The Bertz CT molecular complexity index is 649. The topological polar surface area (TPSA) is 107 Å². The first-order chi connectivity index (χ1) is 11.4. The van der Waals surface area contributed by atoms with Gasteiger partial charge in [-0.15, -0.1) is 0 Å². The highest BCUT2D eigenvalue weighted by molar-refractivity contribution is 5.97. The van der Waals surface area contributed by atoms with Crippen molar-refractivity contribution in [2.24, 2.45) is 0 Å². The van der Waals surface area contributed by atoms with Crippen molar-refractivity contribution in [3.8, 4) is 11.5 Å². The second-order valence-corrected chi connectivity index (χ2v) is 5.85. The molecule has 1 aromatic rings. The fraction of sp³-hybridized carbons (Fsp3) is 0.389. The lowest BCUT2D eigenvalue weighted by Crippen LogP contribution is -2.23. The van der Waals surface area contributed by atoms with E-state index in [4.69, 9.17) is 4.74 Å². The molecule has 0 amide bonds. The van der Waals surface area contributed by atoms with Crippen molar-refractivity contribution in [1.29, 1.82) is 0 Å². The Balaban J connectivity index is 2.36. The maximum Gasteiger partial charge on any atom is 0.342 e. The van der Waals surface area contributed by atoms with Crippen LogP contribution in [0.4, 0.5) is 0 Å². The van der Waals surface area contributed by atoms with Crippen molar-refractivity contribution in [2.45, 2.75) is 44.5 Å². The molecule has 1 aliphatic rings. The van der Waals surface area contributed by atoms with Crippen LogP contribution >= 0.6 is 0 Å². The molecular weight excluding hydrogens is 312 g/mol. The van der Waals surface area contributed by atoms with Crippen LogP contribution in [0, 0.1) is 0 Å². The molecule has 1 aliphatic heterocycles. The summed E-state index contributed by atoms with van der Waals surface area (Å²) in [4.78, 5) is 12.3. The number of allylic oxidation sites excluding steroid dienone is 1. The van der Waals surface area contributed by atoms with Gasteiger partial charge in [0.2, 0.25) is 0 Å². The van der Waals surface area contributed by atoms with E-state index in [0.717, 1.165) is 6.07 Å². The lowest BCUT2D eigenvalue weighted by molar-refractivity contribution is 0.0337. The van der Waals surface area contributed by atoms with Gasteiger partial charge < -0.3 is 25.2 Å². The van der Waals surface area contributed by atoms with Crippen LogP contribution in [0.25, 0.3) is 6.08 Å². The molecule has 1 aromatic carbocycles. The zero-order chi connectivity index (χ0) is 17.7. The van der Waals surface area contributed by atoms with Crippen LogP contribution in [0.15, 0.2) is 30.4 Å². The lowest BCUT2D eigenvalue weighted by atomic mass is 10.0. The summed E-state index contributed by atoms with van der Waals surface area (Å²) < 4.78 is 5.29. The predicted octanol–water partition coefficient (Wildman–Crippen LogP) is 2.12. The van der Waals surface area contributed by atoms with Gasteiger partial charge in [0.05, 0.1) is 12.2 Å². The summed E-state index contributed by atoms with van der Waals surface area (Å²) >= 11 is 0. The van der Waals surface area contributed by atoms with E-state index in [0.29, 0.717) is 24.8 Å². The Morgan fingerprint density at radius 1 is 1.17 bits per heavy atom. The molecule has 3 atom stereocenters. The summed E-state index contributed by atoms with van der Waals surface area (Å²) in [5, 5.41) is 39.3. The third-order valence-electron chi connectivity index (χ3n) is 3.77. The highest BCUT2D eigenvalue weighted by Crippen LogP contribution is 2.29. The van der Waals surface area contributed by atoms with Crippen LogP contribution in [-0.4, -0.2) is 44.7 Å². The first kappa shape index (κ1) is 18.0. The summed E-state index contributed by atoms with van der Waals surface area (Å²) in [5.74, 6) is -1.22. The maximum absolute atomic E-state index is 12.3. The third-order valence-corrected chi connectivity index (χ3v) is 3.77. The SMILES string of the molecule is C[C@H]1C/C=C/[C@@H](O)[C@H](O)CC/C=C/c2cc(O)cc(O)c2C(=O)O1. The number of phenols is 2. The molecule has 0 spiro atoms. The summed E-state index contributed by atoms with van der Waals surface area (Å²) in [7, 11) is 0. The molecule has 4 N–H and O–H groups in total. The summed E-state index contributed by atoms with van der Waals surface area (Å²) in [6.07, 6.45) is 5.18. The highest BCUT2D eigenvalue weighted by Gasteiger charge is 2.20. The minimum Gasteiger partial charge on any atom is -0.508 e. The first-order valence-electron chi connectivity index (χ1n) is 7.84. The minimum atomic E-state index is -0.982. The van der Waals surface area contributed by atoms with Gasteiger partial charge in [-0.05, 0) is 31.4 Å². The number of benzene rings is 1. The van der Waals surface area contributed by atoms with E-state index in [2.05, 4.69) is 0 Å². The Hall–Kier alpha value is -2.31. The van der Waals surface area contributed by atoms with Crippen molar-refractivity contribution < 1.29 is 30.0 Å². The van der Waals surface area contributed by atoms with E-state index in [1.165, 1.54) is 12.1 Å². The van der Waals surface area contributed by atoms with Gasteiger partial charge in [0.15, 0.2) is 0 Å². The van der Waals surface area contributed by atoms with Gasteiger partial charge in [-0.3, -0.25) is 0 Å². The molecule has 0 saturated carbocycles. The largest absolute Gasteiger partial charge is 0.508 e. The molecule has 0 unspecified atom stereocenters. The van der Waals surface area contributed by atoms with Gasteiger partial charge in [-0.1, -0.05) is 24.3 Å². The van der Waals surface area contributed by atoms with Crippen LogP contribution in [0.2, 0.25) is 0 Å². The number of fused-ring (bicyclic) bond motifs is 1. The van der Waals surface area contributed by atoms with Crippen molar-refractivity contribution >= 4 is 12.0 Å². The van der Waals surface area contributed by atoms with Gasteiger partial charge in [-0.2, -0.15) is 0 Å². The number of aliphatic hydroxyl groups is 2. The summed E-state index contributed by atoms with van der Waals surface area (Å²) in [6.45, 7) is 1.68. The number of hydrogen-bond acceptors (Lipinski definition) is 6. The number of esters is 1. The molecule has 1 heterocycles. The Morgan fingerprint density at radius 3 is 2.67 bits per heavy atom. The van der Waals surface area contributed by atoms with Gasteiger partial charge in [-0.25, -0.2) is 4.79 Å². The van der Waals surface area contributed by atoms with Crippen molar-refractivity contribution in [1.82, 2.24) is 0 Å². The summed E-state index contributed by atoms with van der Waals surface area (Å²) in [6, 6.07) is 2.44. The quantitative estimate of drug-likeness (QED) is 0.428. The van der Waals surface area contributed by atoms with Gasteiger partial charge in [0, 0.05) is 12.5 Å². The Labute approximate surface area is 140 Å². The fourth-order valence-electron chi connectivity index (χ4n) is 2.46. The fourth-order valence-corrected chi connectivity index (χ4v) is 2.46. The van der Waals surface area contributed by atoms with Crippen LogP contribution < -0.4 is 0 Å². The molecule has 6 nitrogen and oxygen atoms in total. The minimum absolute atomic E-state index is 0.0162. The highest BCUT2D eigenvalue weighted by atomic mass is 16.5. The van der Waals surface area contributed by atoms with Crippen LogP contribution in [0.1, 0.15) is 42.1 Å². The molecule has 0 aromatic heterocycles. The number of carbonyl (C=O) groups is 1. The second kappa shape index (κ2) is 7.99. The van der Waals surface area contributed by atoms with Crippen LogP contribution in [-0.2, 0) is 4.74 Å². The Morgan fingerprint density at radius 2 is 1.92 bits per heavy atom. The van der Waals surface area contributed by atoms with Crippen LogP contribution in [0.3, 0.4) is 0 Å². The molecule has 2 rings (SSSR count). The van der Waals surface area contributed by atoms with E-state index in [1.807, 2.05) is 0 Å². The Kier molecular flexibility index (Phi) is 6.00. The van der Waals surface area contributed by atoms with E-state index in [9.17, 15) is 25.2 Å². The zero-order valence-electron chi connectivity index (χ0n) is 13.4. The number of ether oxygens (including phenoxy) is 1. The van der Waals surface area contributed by atoms with Gasteiger partial charge in [0.25, 0.3) is 0 Å². The van der Waals surface area contributed by atoms with E-state index in [-0.39, 0.29) is 17.1 Å². The molecule has 0 aliphatic carbocycles. The lowest BCUT2D eigenvalue weighted by Gasteiger charge is -2.16. The smallest absolute Gasteiger partial charge is 0.342 e. The average molecular weight is 334 g/mol. The number of cyclic esters (lactones) is 1. The van der Waals surface area contributed by atoms with E-state index < -0.39 is 24.3 Å². The standard InChI is InChI=1S/C18H22O6/c1-11-5-4-8-15(21)14(20)7-3-2-6-12-9-13(19)10-16(22)17(12)18(23)24-11/h2,4,6,8-11,14-15,19-22H,3,5,7H2,1H3/b6-2+,8-4+/t11-,14+,15+/m0/s1. The van der Waals surface area contributed by atoms with Gasteiger partial charge >= 0.3 is 5.97 Å². The van der Waals surface area contributed by atoms with Gasteiger partial charge in [0.1, 0.15) is 23.2 Å². The van der Waals surface area contributed by atoms with Crippen molar-refractivity contribution in [3.05, 3.63) is 41.5 Å². The number of rotatable bonds is 0. The normalized spacial score (nSPS) is 28.3. The monoisotopic (exact) mass is 334 g/mol. The second-order valence-electron chi connectivity index (χ2n) is 5.85. The number of phenolic OH excluding ortho intramolecular Hbond substituents is 2. The first-order valence-corrected chi connectivity index (χ1v) is 7.84. The zero-order valence-corrected chi connectivity index (χ0v) is 13.4. The maximum atomic E-state index is 12.3. The molecule has 0 radical (unpaired) electrons. The number of carbonyl (C=O) groups excluding carboxylic acids is 1. The number of aromatic hydroxyl groups is 2. The molecular formula is C18H22O6. The third kappa shape index (κ3) is 4.59. The summed E-state index contributed by atoms with van der Waals surface area (Å²) in [5.41, 5.74) is 0.310. The van der Waals surface area contributed by atoms with Crippen LogP contribution in [0.5, 0.6) is 11.5 Å². The number of hydrogen-bond donors (Lipinski definition) is 4. The predicted molar refractivity (Wildman–Crippen MR) is 88.7 cm³/mol. The molecule has 0 bridgehead atoms. The van der Waals surface area contributed by atoms with E-state index >= 15 is 0 Å². The number of aliphatic hydroxyl groups excluding tert-OH is 2. The molecule has 24 heavy (non-hydrogen) atoms. The van der Waals surface area contributed by atoms with Crippen molar-refractivity contribution in [3.63, 3.8) is 0 Å². The molecule has 130 valence electrons. The average Bonchev–Trinajstić information content (AvgIpc) is 2.49. The van der Waals surface area contributed by atoms with Crippen molar-refractivity contribution in [2.75, 3.05) is 0 Å². The molecule has 0 saturated heterocycles. The molecule has 0 fully saturated rings.